The van der Waals surface area contributed by atoms with Crippen LogP contribution in [0.4, 0.5) is 5.82 Å². The zero-order chi connectivity index (χ0) is 21.5. The van der Waals surface area contributed by atoms with Crippen LogP contribution >= 0.6 is 11.3 Å². The molecule has 1 aliphatic rings. The summed E-state index contributed by atoms with van der Waals surface area (Å²) in [4.78, 5) is 17.4. The second-order valence-corrected chi connectivity index (χ2v) is 8.41. The van der Waals surface area contributed by atoms with Crippen molar-refractivity contribution in [2.45, 2.75) is 26.2 Å². The van der Waals surface area contributed by atoms with Crippen molar-refractivity contribution < 1.29 is 14.3 Å². The van der Waals surface area contributed by atoms with Crippen LogP contribution in [-0.4, -0.2) is 34.4 Å². The summed E-state index contributed by atoms with van der Waals surface area (Å²) < 4.78 is 13.6. The molecule has 7 nitrogen and oxygen atoms in total. The number of anilines is 1. The number of aromatic nitrogens is 3. The number of methoxy groups -OCH3 is 1. The van der Waals surface area contributed by atoms with Crippen LogP contribution in [0.15, 0.2) is 42.5 Å². The number of rotatable bonds is 5. The van der Waals surface area contributed by atoms with E-state index in [0.717, 1.165) is 38.5 Å². The quantitative estimate of drug-likeness (QED) is 0.494. The number of hydrogen-bond donors (Lipinski definition) is 1. The lowest BCUT2D eigenvalue weighted by Gasteiger charge is -2.24. The lowest BCUT2D eigenvalue weighted by molar-refractivity contribution is -0.116. The van der Waals surface area contributed by atoms with Crippen molar-refractivity contribution in [1.29, 1.82) is 0 Å². The van der Waals surface area contributed by atoms with Gasteiger partial charge >= 0.3 is 0 Å². The first-order valence-corrected chi connectivity index (χ1v) is 11.0. The van der Waals surface area contributed by atoms with E-state index in [2.05, 4.69) is 5.32 Å². The van der Waals surface area contributed by atoms with Gasteiger partial charge in [-0.3, -0.25) is 4.79 Å². The van der Waals surface area contributed by atoms with Crippen molar-refractivity contribution in [3.8, 4) is 16.6 Å². The molecule has 0 radical (unpaired) electrons. The van der Waals surface area contributed by atoms with Gasteiger partial charge in [-0.2, -0.15) is 9.78 Å². The summed E-state index contributed by atoms with van der Waals surface area (Å²) >= 11 is 1.52. The van der Waals surface area contributed by atoms with Crippen LogP contribution in [0.5, 0.6) is 11.5 Å². The minimum absolute atomic E-state index is 0.0331. The van der Waals surface area contributed by atoms with Crippen LogP contribution in [0.1, 0.15) is 36.1 Å². The number of thiazole rings is 1. The van der Waals surface area contributed by atoms with Gasteiger partial charge in [0, 0.05) is 17.9 Å². The molecule has 5 rings (SSSR count). The Balaban J connectivity index is 1.59. The number of hydrogen-bond acceptors (Lipinski definition) is 6. The molecule has 0 saturated carbocycles. The minimum Gasteiger partial charge on any atom is -0.497 e. The van der Waals surface area contributed by atoms with Crippen LogP contribution in [0.2, 0.25) is 0 Å². The van der Waals surface area contributed by atoms with Crippen LogP contribution in [0.25, 0.3) is 15.3 Å². The number of carbonyl (C=O) groups excluding carboxylic acids is 1. The summed E-state index contributed by atoms with van der Waals surface area (Å²) in [6.07, 6.45) is 0.378. The van der Waals surface area contributed by atoms with Gasteiger partial charge in [-0.15, -0.1) is 0 Å². The predicted octanol–water partition coefficient (Wildman–Crippen LogP) is 4.67. The van der Waals surface area contributed by atoms with E-state index in [1.807, 2.05) is 56.3 Å². The standard InChI is InChI=1S/C23H22N4O3S/c1-4-30-16-9-10-18-19(11-16)31-23(24-18)27-22-21(13(2)26-27)17(12-20(28)25-22)14-5-7-15(29-3)8-6-14/h5-11,17H,4,12H2,1-3H3,(H,25,28). The zero-order valence-electron chi connectivity index (χ0n) is 17.5. The number of nitrogens with zero attached hydrogens (tertiary/aromatic N) is 3. The second kappa shape index (κ2) is 7.70. The van der Waals surface area contributed by atoms with Gasteiger partial charge in [0.05, 0.1) is 29.6 Å². The highest BCUT2D eigenvalue weighted by Gasteiger charge is 2.33. The Morgan fingerprint density at radius 3 is 2.71 bits per heavy atom. The molecule has 1 aliphatic heterocycles. The van der Waals surface area contributed by atoms with Gasteiger partial charge in [0.25, 0.3) is 0 Å². The third kappa shape index (κ3) is 3.42. The van der Waals surface area contributed by atoms with Crippen molar-refractivity contribution in [1.82, 2.24) is 14.8 Å². The van der Waals surface area contributed by atoms with Gasteiger partial charge in [0.2, 0.25) is 11.0 Å². The Kier molecular flexibility index (Phi) is 4.86. The molecule has 158 valence electrons. The molecule has 0 spiro atoms. The lowest BCUT2D eigenvalue weighted by atomic mass is 9.86. The SMILES string of the molecule is CCOc1ccc2nc(-n3nc(C)c4c3NC(=O)CC4c3ccc(OC)cc3)sc2c1. The maximum absolute atomic E-state index is 12.6. The molecule has 1 unspecified atom stereocenters. The van der Waals surface area contributed by atoms with E-state index < -0.39 is 0 Å². The molecule has 1 atom stereocenters. The van der Waals surface area contributed by atoms with E-state index in [0.29, 0.717) is 24.0 Å². The number of ether oxygens (including phenoxy) is 2. The van der Waals surface area contributed by atoms with E-state index in [1.165, 1.54) is 11.3 Å². The highest BCUT2D eigenvalue weighted by molar-refractivity contribution is 7.20. The summed E-state index contributed by atoms with van der Waals surface area (Å²) in [5.41, 5.74) is 3.84. The summed E-state index contributed by atoms with van der Waals surface area (Å²) in [6.45, 7) is 4.55. The Morgan fingerprint density at radius 2 is 1.97 bits per heavy atom. The number of amides is 1. The molecule has 4 aromatic rings. The third-order valence-electron chi connectivity index (χ3n) is 5.46. The van der Waals surface area contributed by atoms with Gasteiger partial charge in [-0.05, 0) is 49.7 Å². The third-order valence-corrected chi connectivity index (χ3v) is 6.46. The smallest absolute Gasteiger partial charge is 0.226 e. The number of carbonyl (C=O) groups is 1. The largest absolute Gasteiger partial charge is 0.497 e. The normalized spacial score (nSPS) is 15.6. The van der Waals surface area contributed by atoms with E-state index in [1.54, 1.807) is 11.8 Å². The number of fused-ring (bicyclic) bond motifs is 2. The lowest BCUT2D eigenvalue weighted by Crippen LogP contribution is -2.24. The van der Waals surface area contributed by atoms with Crippen molar-refractivity contribution in [2.75, 3.05) is 19.0 Å². The molecule has 0 aliphatic carbocycles. The van der Waals surface area contributed by atoms with Crippen molar-refractivity contribution in [2.24, 2.45) is 0 Å². The average molecular weight is 435 g/mol. The summed E-state index contributed by atoms with van der Waals surface area (Å²) in [7, 11) is 1.64. The van der Waals surface area contributed by atoms with Gasteiger partial charge < -0.3 is 14.8 Å². The van der Waals surface area contributed by atoms with E-state index in [-0.39, 0.29) is 11.8 Å². The molecule has 31 heavy (non-hydrogen) atoms. The Hall–Kier alpha value is -3.39. The first-order valence-electron chi connectivity index (χ1n) is 10.1. The molecule has 3 heterocycles. The Labute approximate surface area is 183 Å². The highest BCUT2D eigenvalue weighted by Crippen LogP contribution is 2.41. The van der Waals surface area contributed by atoms with Gasteiger partial charge in [-0.1, -0.05) is 23.5 Å². The number of nitrogens with one attached hydrogen (secondary N) is 1. The minimum atomic E-state index is -0.0673. The average Bonchev–Trinajstić information content (AvgIpc) is 3.34. The summed E-state index contributed by atoms with van der Waals surface area (Å²) in [5.74, 6) is 2.20. The summed E-state index contributed by atoms with van der Waals surface area (Å²) in [6, 6.07) is 13.7. The van der Waals surface area contributed by atoms with Crippen molar-refractivity contribution in [3.05, 3.63) is 59.3 Å². The fraction of sp³-hybridized carbons (Fsp3) is 0.261. The van der Waals surface area contributed by atoms with Crippen LogP contribution in [-0.2, 0) is 4.79 Å². The molecule has 0 bridgehead atoms. The Morgan fingerprint density at radius 1 is 1.19 bits per heavy atom. The molecular formula is C23H22N4O3S. The van der Waals surface area contributed by atoms with Crippen molar-refractivity contribution >= 4 is 33.3 Å². The summed E-state index contributed by atoms with van der Waals surface area (Å²) in [5, 5.41) is 8.49. The maximum atomic E-state index is 12.6. The fourth-order valence-corrected chi connectivity index (χ4v) is 5.00. The molecule has 2 aromatic carbocycles. The molecule has 0 fully saturated rings. The zero-order valence-corrected chi connectivity index (χ0v) is 18.3. The highest BCUT2D eigenvalue weighted by atomic mass is 32.1. The molecule has 8 heteroatoms. The van der Waals surface area contributed by atoms with E-state index in [9.17, 15) is 4.79 Å². The van der Waals surface area contributed by atoms with Gasteiger partial charge in [0.15, 0.2) is 0 Å². The second-order valence-electron chi connectivity index (χ2n) is 7.40. The van der Waals surface area contributed by atoms with Crippen LogP contribution in [0.3, 0.4) is 0 Å². The Bertz CT molecular complexity index is 1280. The van der Waals surface area contributed by atoms with Crippen molar-refractivity contribution in [3.63, 3.8) is 0 Å². The molecule has 1 amide bonds. The molecular weight excluding hydrogens is 412 g/mol. The van der Waals surface area contributed by atoms with Crippen LogP contribution < -0.4 is 14.8 Å². The van der Waals surface area contributed by atoms with E-state index >= 15 is 0 Å². The molecule has 0 saturated heterocycles. The first kappa shape index (κ1) is 19.6. The maximum Gasteiger partial charge on any atom is 0.226 e. The van der Waals surface area contributed by atoms with Crippen LogP contribution in [0, 0.1) is 6.92 Å². The monoisotopic (exact) mass is 434 g/mol. The molecule has 2 aromatic heterocycles. The number of benzene rings is 2. The number of aryl methyl sites for hydroxylation is 1. The topological polar surface area (TPSA) is 78.3 Å². The fourth-order valence-electron chi connectivity index (χ4n) is 4.05. The molecule has 1 N–H and O–H groups in total. The van der Waals surface area contributed by atoms with Gasteiger partial charge in [-0.25, -0.2) is 4.98 Å². The van der Waals surface area contributed by atoms with E-state index in [4.69, 9.17) is 19.6 Å². The first-order chi connectivity index (χ1) is 15.1. The van der Waals surface area contributed by atoms with Gasteiger partial charge in [0.1, 0.15) is 17.3 Å². The predicted molar refractivity (Wildman–Crippen MR) is 121 cm³/mol.